The summed E-state index contributed by atoms with van der Waals surface area (Å²) in [6, 6.07) is 8.56. The molecule has 7 nitrogen and oxygen atoms in total. The highest BCUT2D eigenvalue weighted by Gasteiger charge is 2.14. The van der Waals surface area contributed by atoms with Crippen molar-refractivity contribution in [2.45, 2.75) is 24.8 Å². The molecule has 2 N–H and O–H groups in total. The van der Waals surface area contributed by atoms with E-state index in [0.717, 1.165) is 17.4 Å². The summed E-state index contributed by atoms with van der Waals surface area (Å²) in [6.45, 7) is 4.41. The van der Waals surface area contributed by atoms with Crippen LogP contribution in [0.4, 0.5) is 0 Å². The molecule has 0 radical (unpaired) electrons. The molecule has 150 valence electrons. The van der Waals surface area contributed by atoms with Crippen molar-refractivity contribution in [3.05, 3.63) is 47.2 Å². The highest BCUT2D eigenvalue weighted by atomic mass is 127. The quantitative estimate of drug-likeness (QED) is 0.210. The van der Waals surface area contributed by atoms with E-state index in [0.29, 0.717) is 30.5 Å². The van der Waals surface area contributed by atoms with Gasteiger partial charge < -0.3 is 10.6 Å². The molecule has 0 spiro atoms. The lowest BCUT2D eigenvalue weighted by Crippen LogP contribution is -2.39. The Hall–Kier alpha value is -1.14. The third kappa shape index (κ3) is 8.60. The lowest BCUT2D eigenvalue weighted by atomic mass is 10.4. The number of benzene rings is 1. The van der Waals surface area contributed by atoms with Gasteiger partial charge in [0.25, 0.3) is 0 Å². The molecule has 0 saturated carbocycles. The van der Waals surface area contributed by atoms with Gasteiger partial charge in [0, 0.05) is 43.0 Å². The van der Waals surface area contributed by atoms with E-state index in [1.165, 1.54) is 0 Å². The van der Waals surface area contributed by atoms with Crippen LogP contribution in [-0.4, -0.2) is 49.5 Å². The van der Waals surface area contributed by atoms with Crippen molar-refractivity contribution in [3.8, 4) is 0 Å². The molecule has 0 amide bonds. The number of hydrogen-bond acceptors (Lipinski definition) is 4. The Kier molecular flexibility index (Phi) is 10.9. The highest BCUT2D eigenvalue weighted by Crippen LogP contribution is 2.15. The van der Waals surface area contributed by atoms with Gasteiger partial charge in [0.15, 0.2) is 15.8 Å². The lowest BCUT2D eigenvalue weighted by Gasteiger charge is -2.11. The van der Waals surface area contributed by atoms with Gasteiger partial charge in [-0.1, -0.05) is 15.9 Å². The zero-order chi connectivity index (χ0) is 18.8. The summed E-state index contributed by atoms with van der Waals surface area (Å²) in [6.07, 6.45) is 4.52. The van der Waals surface area contributed by atoms with Gasteiger partial charge in [-0.25, -0.2) is 8.42 Å². The zero-order valence-electron chi connectivity index (χ0n) is 15.1. The van der Waals surface area contributed by atoms with E-state index in [-0.39, 0.29) is 29.7 Å². The Morgan fingerprint density at radius 3 is 2.63 bits per heavy atom. The Labute approximate surface area is 186 Å². The monoisotopic (exact) mass is 569 g/mol. The second-order valence-corrected chi connectivity index (χ2v) is 8.61. The molecule has 2 aromatic rings. The Bertz CT molecular complexity index is 795. The molecule has 1 aromatic heterocycles. The van der Waals surface area contributed by atoms with Crippen LogP contribution in [0.1, 0.15) is 13.3 Å². The first-order chi connectivity index (χ1) is 12.5. The maximum Gasteiger partial charge on any atom is 0.191 e. The number of hydrogen-bond donors (Lipinski definition) is 2. The van der Waals surface area contributed by atoms with Gasteiger partial charge in [-0.05, 0) is 43.7 Å². The molecule has 0 aliphatic heterocycles. The molecule has 0 bridgehead atoms. The van der Waals surface area contributed by atoms with Crippen molar-refractivity contribution in [3.63, 3.8) is 0 Å². The second-order valence-electron chi connectivity index (χ2n) is 5.58. The standard InChI is InChI=1S/C17H24BrN5O2S.HI/c1-2-19-17(20-9-3-12-23-13-4-10-22-23)21-11-14-26(24,25)16-7-5-15(18)6-8-16;/h4-8,10,13H,2-3,9,11-12,14H2,1H3,(H2,19,20,21);1H. The van der Waals surface area contributed by atoms with E-state index in [1.807, 2.05) is 23.9 Å². The normalized spacial score (nSPS) is 11.7. The summed E-state index contributed by atoms with van der Waals surface area (Å²) >= 11 is 3.31. The van der Waals surface area contributed by atoms with E-state index in [9.17, 15) is 8.42 Å². The molecule has 1 heterocycles. The van der Waals surface area contributed by atoms with Crippen molar-refractivity contribution in [1.82, 2.24) is 20.4 Å². The summed E-state index contributed by atoms with van der Waals surface area (Å²) in [5.41, 5.74) is 0. The van der Waals surface area contributed by atoms with Gasteiger partial charge in [-0.3, -0.25) is 9.67 Å². The number of rotatable bonds is 9. The minimum Gasteiger partial charge on any atom is -0.357 e. The molecule has 0 unspecified atom stereocenters. The van der Waals surface area contributed by atoms with Gasteiger partial charge in [0.2, 0.25) is 0 Å². The topological polar surface area (TPSA) is 88.4 Å². The molecule has 0 aliphatic rings. The van der Waals surface area contributed by atoms with Crippen LogP contribution in [0.5, 0.6) is 0 Å². The molecular formula is C17H25BrIN5O2S. The minimum atomic E-state index is -3.32. The Balaban J connectivity index is 0.00000364. The van der Waals surface area contributed by atoms with Gasteiger partial charge >= 0.3 is 0 Å². The van der Waals surface area contributed by atoms with E-state index in [1.54, 1.807) is 30.5 Å². The van der Waals surface area contributed by atoms with Crippen LogP contribution in [0.25, 0.3) is 0 Å². The molecule has 0 aliphatic carbocycles. The fourth-order valence-corrected chi connectivity index (χ4v) is 3.68. The van der Waals surface area contributed by atoms with E-state index >= 15 is 0 Å². The van der Waals surface area contributed by atoms with Gasteiger partial charge in [-0.15, -0.1) is 24.0 Å². The van der Waals surface area contributed by atoms with Gasteiger partial charge in [0.05, 0.1) is 10.6 Å². The number of sulfone groups is 1. The van der Waals surface area contributed by atoms with Gasteiger partial charge in [0.1, 0.15) is 0 Å². The SMILES string of the molecule is CCNC(=NCCCn1cccn1)NCCS(=O)(=O)c1ccc(Br)cc1.I. The van der Waals surface area contributed by atoms with Crippen LogP contribution in [0, 0.1) is 0 Å². The molecule has 10 heteroatoms. The predicted molar refractivity (Wildman–Crippen MR) is 122 cm³/mol. The Morgan fingerprint density at radius 2 is 2.00 bits per heavy atom. The average molecular weight is 570 g/mol. The Morgan fingerprint density at radius 1 is 1.26 bits per heavy atom. The molecule has 0 saturated heterocycles. The first kappa shape index (κ1) is 23.9. The van der Waals surface area contributed by atoms with Crippen molar-refractivity contribution in [2.75, 3.05) is 25.4 Å². The zero-order valence-corrected chi connectivity index (χ0v) is 19.9. The number of nitrogens with one attached hydrogen (secondary N) is 2. The predicted octanol–water partition coefficient (Wildman–Crippen LogP) is 2.68. The van der Waals surface area contributed by atoms with Crippen LogP contribution in [0.3, 0.4) is 0 Å². The summed E-state index contributed by atoms with van der Waals surface area (Å²) in [5, 5.41) is 10.4. The molecule has 1 aromatic carbocycles. The van der Waals surface area contributed by atoms with E-state index < -0.39 is 9.84 Å². The number of aliphatic imine (C=N–C) groups is 1. The molecule has 27 heavy (non-hydrogen) atoms. The fraction of sp³-hybridized carbons (Fsp3) is 0.412. The largest absolute Gasteiger partial charge is 0.357 e. The number of nitrogens with zero attached hydrogens (tertiary/aromatic N) is 3. The smallest absolute Gasteiger partial charge is 0.191 e. The van der Waals surface area contributed by atoms with Crippen molar-refractivity contribution >= 4 is 55.7 Å². The summed E-state index contributed by atoms with van der Waals surface area (Å²) in [4.78, 5) is 4.79. The average Bonchev–Trinajstić information content (AvgIpc) is 3.12. The highest BCUT2D eigenvalue weighted by molar-refractivity contribution is 14.0. The third-order valence-electron chi connectivity index (χ3n) is 3.55. The number of halogens is 2. The molecule has 2 rings (SSSR count). The van der Waals surface area contributed by atoms with Crippen LogP contribution in [-0.2, 0) is 16.4 Å². The van der Waals surface area contributed by atoms with Crippen LogP contribution < -0.4 is 10.6 Å². The van der Waals surface area contributed by atoms with Crippen LogP contribution in [0.2, 0.25) is 0 Å². The van der Waals surface area contributed by atoms with Crippen LogP contribution >= 0.6 is 39.9 Å². The first-order valence-electron chi connectivity index (χ1n) is 8.49. The van der Waals surface area contributed by atoms with Crippen LogP contribution in [0.15, 0.2) is 57.1 Å². The van der Waals surface area contributed by atoms with Crippen molar-refractivity contribution in [2.24, 2.45) is 4.99 Å². The maximum atomic E-state index is 12.3. The summed E-state index contributed by atoms with van der Waals surface area (Å²) in [5.74, 6) is 0.630. The van der Waals surface area contributed by atoms with Crippen molar-refractivity contribution < 1.29 is 8.42 Å². The number of aromatic nitrogens is 2. The molecule has 0 fully saturated rings. The number of guanidine groups is 1. The maximum absolute atomic E-state index is 12.3. The minimum absolute atomic E-state index is 0. The number of aryl methyl sites for hydroxylation is 1. The summed E-state index contributed by atoms with van der Waals surface area (Å²) in [7, 11) is -3.32. The molecule has 0 atom stereocenters. The summed E-state index contributed by atoms with van der Waals surface area (Å²) < 4.78 is 27.4. The first-order valence-corrected chi connectivity index (χ1v) is 10.9. The van der Waals surface area contributed by atoms with E-state index in [4.69, 9.17) is 0 Å². The lowest BCUT2D eigenvalue weighted by molar-refractivity contribution is 0.583. The van der Waals surface area contributed by atoms with Crippen molar-refractivity contribution in [1.29, 1.82) is 0 Å². The van der Waals surface area contributed by atoms with Gasteiger partial charge in [-0.2, -0.15) is 5.10 Å². The fourth-order valence-electron chi connectivity index (χ4n) is 2.26. The molecular weight excluding hydrogens is 545 g/mol. The third-order valence-corrected chi connectivity index (χ3v) is 5.82. The second kappa shape index (κ2) is 12.3. The van der Waals surface area contributed by atoms with E-state index in [2.05, 4.69) is 36.7 Å².